The first-order valence-corrected chi connectivity index (χ1v) is 6.10. The van der Waals surface area contributed by atoms with E-state index in [1.54, 1.807) is 13.2 Å². The van der Waals surface area contributed by atoms with Gasteiger partial charge in [0.25, 0.3) is 0 Å². The Morgan fingerprint density at radius 2 is 1.89 bits per heavy atom. The Kier molecular flexibility index (Phi) is 7.75. The highest BCUT2D eigenvalue weighted by Crippen LogP contribution is 2.09. The van der Waals surface area contributed by atoms with Gasteiger partial charge in [0.2, 0.25) is 0 Å². The average Bonchev–Trinajstić information content (AvgIpc) is 2.41. The lowest BCUT2D eigenvalue weighted by atomic mass is 10.1. The van der Waals surface area contributed by atoms with Crippen LogP contribution in [0.1, 0.15) is 17.5 Å². The van der Waals surface area contributed by atoms with E-state index in [0.29, 0.717) is 37.6 Å². The second kappa shape index (κ2) is 9.45. The Bertz CT molecular complexity index is 418. The molecule has 0 fully saturated rings. The standard InChI is InChI=1S/C14H18FNO3/c1-17-3-2-4-18-5-6-19-11-13-7-12(10-16)8-14(15)9-13/h7-9H,2-6,11H2,1H3. The van der Waals surface area contributed by atoms with Gasteiger partial charge >= 0.3 is 0 Å². The molecule has 104 valence electrons. The van der Waals surface area contributed by atoms with Crippen LogP contribution in [-0.2, 0) is 20.8 Å². The fourth-order valence-corrected chi connectivity index (χ4v) is 1.51. The molecule has 0 aromatic heterocycles. The summed E-state index contributed by atoms with van der Waals surface area (Å²) >= 11 is 0. The third-order valence-electron chi connectivity index (χ3n) is 2.36. The minimum atomic E-state index is -0.423. The van der Waals surface area contributed by atoms with E-state index in [4.69, 9.17) is 19.5 Å². The van der Waals surface area contributed by atoms with Gasteiger partial charge in [0, 0.05) is 20.3 Å². The first-order valence-electron chi connectivity index (χ1n) is 6.10. The van der Waals surface area contributed by atoms with Crippen LogP contribution in [0.3, 0.4) is 0 Å². The lowest BCUT2D eigenvalue weighted by Crippen LogP contribution is -2.06. The molecule has 0 aliphatic heterocycles. The Balaban J connectivity index is 2.16. The van der Waals surface area contributed by atoms with Crippen LogP contribution < -0.4 is 0 Å². The highest BCUT2D eigenvalue weighted by Gasteiger charge is 2.00. The van der Waals surface area contributed by atoms with Crippen LogP contribution in [0.15, 0.2) is 18.2 Å². The molecule has 0 atom stereocenters. The van der Waals surface area contributed by atoms with Crippen LogP contribution in [0.5, 0.6) is 0 Å². The summed E-state index contributed by atoms with van der Waals surface area (Å²) in [5.74, 6) is -0.423. The van der Waals surface area contributed by atoms with Crippen LogP contribution in [0.2, 0.25) is 0 Å². The third kappa shape index (κ3) is 6.87. The zero-order valence-corrected chi connectivity index (χ0v) is 11.0. The Hall–Kier alpha value is -1.48. The van der Waals surface area contributed by atoms with Gasteiger partial charge in [-0.25, -0.2) is 4.39 Å². The van der Waals surface area contributed by atoms with Crippen molar-refractivity contribution in [2.24, 2.45) is 0 Å². The topological polar surface area (TPSA) is 51.5 Å². The summed E-state index contributed by atoms with van der Waals surface area (Å²) < 4.78 is 28.7. The number of nitrogens with zero attached hydrogens (tertiary/aromatic N) is 1. The molecule has 1 aromatic rings. The number of methoxy groups -OCH3 is 1. The predicted molar refractivity (Wildman–Crippen MR) is 68.1 cm³/mol. The molecule has 0 saturated heterocycles. The number of ether oxygens (including phenoxy) is 3. The maximum absolute atomic E-state index is 13.1. The molecule has 0 radical (unpaired) electrons. The lowest BCUT2D eigenvalue weighted by molar-refractivity contribution is 0.0336. The number of benzene rings is 1. The highest BCUT2D eigenvalue weighted by atomic mass is 19.1. The monoisotopic (exact) mass is 267 g/mol. The Labute approximate surface area is 112 Å². The van der Waals surface area contributed by atoms with E-state index in [-0.39, 0.29) is 6.61 Å². The molecule has 0 bridgehead atoms. The second-order valence-electron chi connectivity index (χ2n) is 3.97. The van der Waals surface area contributed by atoms with Crippen molar-refractivity contribution in [2.75, 3.05) is 33.5 Å². The summed E-state index contributed by atoms with van der Waals surface area (Å²) in [6.45, 7) is 2.51. The molecule has 19 heavy (non-hydrogen) atoms. The molecule has 4 nitrogen and oxygen atoms in total. The molecule has 0 amide bonds. The van der Waals surface area contributed by atoms with E-state index in [2.05, 4.69) is 0 Å². The molecule has 0 heterocycles. The van der Waals surface area contributed by atoms with Crippen LogP contribution in [0, 0.1) is 17.1 Å². The van der Waals surface area contributed by atoms with Gasteiger partial charge in [-0.3, -0.25) is 0 Å². The van der Waals surface area contributed by atoms with Gasteiger partial charge in [-0.15, -0.1) is 0 Å². The minimum absolute atomic E-state index is 0.272. The van der Waals surface area contributed by atoms with Crippen molar-refractivity contribution >= 4 is 0 Å². The van der Waals surface area contributed by atoms with E-state index in [0.717, 1.165) is 6.42 Å². The highest BCUT2D eigenvalue weighted by molar-refractivity contribution is 5.33. The van der Waals surface area contributed by atoms with Crippen LogP contribution >= 0.6 is 0 Å². The molecule has 0 saturated carbocycles. The van der Waals surface area contributed by atoms with Crippen LogP contribution in [-0.4, -0.2) is 33.5 Å². The summed E-state index contributed by atoms with van der Waals surface area (Å²) in [5, 5.41) is 8.71. The number of rotatable bonds is 9. The molecule has 0 aliphatic carbocycles. The summed E-state index contributed by atoms with van der Waals surface area (Å²) in [7, 11) is 1.65. The summed E-state index contributed by atoms with van der Waals surface area (Å²) in [6, 6.07) is 6.08. The van der Waals surface area contributed by atoms with Crippen molar-refractivity contribution < 1.29 is 18.6 Å². The van der Waals surface area contributed by atoms with Gasteiger partial charge < -0.3 is 14.2 Å². The molecule has 0 aliphatic rings. The van der Waals surface area contributed by atoms with Crippen molar-refractivity contribution in [3.8, 4) is 6.07 Å². The third-order valence-corrected chi connectivity index (χ3v) is 2.36. The minimum Gasteiger partial charge on any atom is -0.385 e. The van der Waals surface area contributed by atoms with Gasteiger partial charge in [-0.2, -0.15) is 5.26 Å². The van der Waals surface area contributed by atoms with Crippen LogP contribution in [0.25, 0.3) is 0 Å². The normalized spacial score (nSPS) is 10.4. The first-order chi connectivity index (χ1) is 9.26. The number of hydrogen-bond acceptors (Lipinski definition) is 4. The molecular weight excluding hydrogens is 249 g/mol. The molecule has 1 aromatic carbocycles. The molecule has 5 heteroatoms. The number of hydrogen-bond donors (Lipinski definition) is 0. The van der Waals surface area contributed by atoms with E-state index >= 15 is 0 Å². The van der Waals surface area contributed by atoms with Gasteiger partial charge in [-0.1, -0.05) is 0 Å². The lowest BCUT2D eigenvalue weighted by Gasteiger charge is -2.06. The van der Waals surface area contributed by atoms with Crippen molar-refractivity contribution in [1.29, 1.82) is 5.26 Å². The fourth-order valence-electron chi connectivity index (χ4n) is 1.51. The predicted octanol–water partition coefficient (Wildman–Crippen LogP) is 2.27. The first kappa shape index (κ1) is 15.6. The maximum atomic E-state index is 13.1. The number of halogens is 1. The van der Waals surface area contributed by atoms with E-state index in [1.807, 2.05) is 6.07 Å². The van der Waals surface area contributed by atoms with Crippen molar-refractivity contribution in [3.63, 3.8) is 0 Å². The van der Waals surface area contributed by atoms with Gasteiger partial charge in [-0.05, 0) is 30.2 Å². The van der Waals surface area contributed by atoms with Crippen LogP contribution in [0.4, 0.5) is 4.39 Å². The Morgan fingerprint density at radius 1 is 1.11 bits per heavy atom. The summed E-state index contributed by atoms with van der Waals surface area (Å²) in [4.78, 5) is 0. The SMILES string of the molecule is COCCCOCCOCc1cc(F)cc(C#N)c1. The largest absolute Gasteiger partial charge is 0.385 e. The van der Waals surface area contributed by atoms with Gasteiger partial charge in [0.15, 0.2) is 0 Å². The van der Waals surface area contributed by atoms with E-state index < -0.39 is 5.82 Å². The van der Waals surface area contributed by atoms with Gasteiger partial charge in [0.05, 0.1) is 31.5 Å². The van der Waals surface area contributed by atoms with Crippen molar-refractivity contribution in [3.05, 3.63) is 35.1 Å². The van der Waals surface area contributed by atoms with E-state index in [9.17, 15) is 4.39 Å². The zero-order valence-electron chi connectivity index (χ0n) is 11.0. The van der Waals surface area contributed by atoms with E-state index in [1.165, 1.54) is 12.1 Å². The molecule has 1 rings (SSSR count). The number of nitriles is 1. The maximum Gasteiger partial charge on any atom is 0.124 e. The quantitative estimate of drug-likeness (QED) is 0.644. The molecule has 0 spiro atoms. The smallest absolute Gasteiger partial charge is 0.124 e. The van der Waals surface area contributed by atoms with Crippen molar-refractivity contribution in [1.82, 2.24) is 0 Å². The second-order valence-corrected chi connectivity index (χ2v) is 3.97. The molecule has 0 unspecified atom stereocenters. The average molecular weight is 267 g/mol. The summed E-state index contributed by atoms with van der Waals surface area (Å²) in [5.41, 5.74) is 0.949. The fraction of sp³-hybridized carbons (Fsp3) is 0.500. The molecule has 0 N–H and O–H groups in total. The zero-order chi connectivity index (χ0) is 13.9. The van der Waals surface area contributed by atoms with Crippen molar-refractivity contribution in [2.45, 2.75) is 13.0 Å². The summed E-state index contributed by atoms with van der Waals surface area (Å²) in [6.07, 6.45) is 0.853. The van der Waals surface area contributed by atoms with Gasteiger partial charge in [0.1, 0.15) is 5.82 Å². The Morgan fingerprint density at radius 3 is 2.63 bits per heavy atom. The molecular formula is C14H18FNO3.